The van der Waals surface area contributed by atoms with Crippen molar-refractivity contribution in [2.75, 3.05) is 26.2 Å². The molecule has 0 atom stereocenters. The predicted octanol–water partition coefficient (Wildman–Crippen LogP) is 3.56. The summed E-state index contributed by atoms with van der Waals surface area (Å²) in [5.41, 5.74) is 0.523. The van der Waals surface area contributed by atoms with E-state index in [0.29, 0.717) is 11.5 Å². The molecule has 18 heavy (non-hydrogen) atoms. The third kappa shape index (κ3) is 3.96. The van der Waals surface area contributed by atoms with Gasteiger partial charge in [0.15, 0.2) is 0 Å². The number of rotatable bonds is 6. The lowest BCUT2D eigenvalue weighted by Crippen LogP contribution is -2.40. The Labute approximate surface area is 113 Å². The van der Waals surface area contributed by atoms with E-state index >= 15 is 0 Å². The van der Waals surface area contributed by atoms with Gasteiger partial charge in [-0.25, -0.2) is 0 Å². The maximum absolute atomic E-state index is 5.84. The van der Waals surface area contributed by atoms with Crippen LogP contribution in [0.25, 0.3) is 0 Å². The molecule has 0 aromatic rings. The summed E-state index contributed by atoms with van der Waals surface area (Å²) >= 11 is 0. The van der Waals surface area contributed by atoms with Crippen molar-refractivity contribution in [2.24, 2.45) is 17.3 Å². The lowest BCUT2D eigenvalue weighted by molar-refractivity contribution is 0.0251. The maximum atomic E-state index is 5.84. The molecule has 2 rings (SSSR count). The highest BCUT2D eigenvalue weighted by atomic mass is 16.5. The maximum Gasteiger partial charge on any atom is 0.0538 e. The molecule has 0 spiro atoms. The number of piperidine rings is 1. The Balaban J connectivity index is 1.71. The molecular weight excluding hydrogens is 222 g/mol. The van der Waals surface area contributed by atoms with Crippen molar-refractivity contribution in [1.29, 1.82) is 0 Å². The highest BCUT2D eigenvalue weighted by Crippen LogP contribution is 2.47. The molecular formula is C16H31NO. The van der Waals surface area contributed by atoms with Crippen molar-refractivity contribution in [3.63, 3.8) is 0 Å². The van der Waals surface area contributed by atoms with Crippen LogP contribution in [0.4, 0.5) is 0 Å². The van der Waals surface area contributed by atoms with Gasteiger partial charge >= 0.3 is 0 Å². The van der Waals surface area contributed by atoms with Crippen LogP contribution in [0.3, 0.4) is 0 Å². The van der Waals surface area contributed by atoms with Crippen molar-refractivity contribution in [2.45, 2.75) is 59.5 Å². The van der Waals surface area contributed by atoms with E-state index in [1.807, 2.05) is 0 Å². The van der Waals surface area contributed by atoms with Gasteiger partial charge in [-0.3, -0.25) is 0 Å². The second kappa shape index (κ2) is 5.92. The Morgan fingerprint density at radius 2 is 1.72 bits per heavy atom. The van der Waals surface area contributed by atoms with Crippen LogP contribution in [0.5, 0.6) is 0 Å². The van der Waals surface area contributed by atoms with Crippen LogP contribution in [-0.2, 0) is 4.74 Å². The smallest absolute Gasteiger partial charge is 0.0538 e. The molecule has 2 fully saturated rings. The predicted molar refractivity (Wildman–Crippen MR) is 76.8 cm³/mol. The summed E-state index contributed by atoms with van der Waals surface area (Å²) in [4.78, 5) is 2.69. The largest absolute Gasteiger partial charge is 0.378 e. The molecule has 0 radical (unpaired) electrons. The zero-order chi connectivity index (χ0) is 13.2. The molecule has 0 N–H and O–H groups in total. The SMILES string of the molecule is CC(C)OCC1(CN2CCC(C(C)C)CC2)CC1. The summed E-state index contributed by atoms with van der Waals surface area (Å²) in [7, 11) is 0. The zero-order valence-electron chi connectivity index (χ0n) is 12.7. The van der Waals surface area contributed by atoms with Crippen LogP contribution in [0.1, 0.15) is 53.4 Å². The molecule has 2 nitrogen and oxygen atoms in total. The summed E-state index contributed by atoms with van der Waals surface area (Å²) in [5.74, 6) is 1.83. The van der Waals surface area contributed by atoms with Gasteiger partial charge in [0.2, 0.25) is 0 Å². The van der Waals surface area contributed by atoms with Gasteiger partial charge in [-0.15, -0.1) is 0 Å². The molecule has 1 saturated heterocycles. The second-order valence-corrected chi connectivity index (χ2v) is 7.22. The average molecular weight is 253 g/mol. The van der Waals surface area contributed by atoms with E-state index in [2.05, 4.69) is 32.6 Å². The molecule has 1 saturated carbocycles. The Hall–Kier alpha value is -0.0800. The zero-order valence-corrected chi connectivity index (χ0v) is 12.7. The molecule has 0 amide bonds. The first-order valence-corrected chi connectivity index (χ1v) is 7.85. The minimum atomic E-state index is 0.383. The highest BCUT2D eigenvalue weighted by Gasteiger charge is 2.44. The summed E-state index contributed by atoms with van der Waals surface area (Å²) in [6.07, 6.45) is 5.94. The first-order valence-electron chi connectivity index (χ1n) is 7.85. The fourth-order valence-corrected chi connectivity index (χ4v) is 3.12. The molecule has 0 unspecified atom stereocenters. The van der Waals surface area contributed by atoms with Gasteiger partial charge < -0.3 is 9.64 Å². The van der Waals surface area contributed by atoms with Crippen molar-refractivity contribution in [1.82, 2.24) is 4.90 Å². The Morgan fingerprint density at radius 3 is 2.17 bits per heavy atom. The van der Waals surface area contributed by atoms with Crippen LogP contribution in [-0.4, -0.2) is 37.2 Å². The number of hydrogen-bond donors (Lipinski definition) is 0. The Bertz CT molecular complexity index is 250. The van der Waals surface area contributed by atoms with Crippen LogP contribution >= 0.6 is 0 Å². The van der Waals surface area contributed by atoms with Crippen molar-refractivity contribution < 1.29 is 4.74 Å². The molecule has 2 aliphatic rings. The first kappa shape index (κ1) is 14.3. The molecule has 1 aliphatic carbocycles. The molecule has 106 valence electrons. The molecule has 0 aromatic carbocycles. The van der Waals surface area contributed by atoms with E-state index < -0.39 is 0 Å². The normalized spacial score (nSPS) is 25.0. The van der Waals surface area contributed by atoms with Crippen LogP contribution in [0, 0.1) is 17.3 Å². The minimum absolute atomic E-state index is 0.383. The monoisotopic (exact) mass is 253 g/mol. The van der Waals surface area contributed by atoms with Gasteiger partial charge in [0, 0.05) is 12.0 Å². The Kier molecular flexibility index (Phi) is 4.71. The molecule has 0 aromatic heterocycles. The minimum Gasteiger partial charge on any atom is -0.378 e. The van der Waals surface area contributed by atoms with E-state index in [9.17, 15) is 0 Å². The van der Waals surface area contributed by atoms with Gasteiger partial charge in [-0.05, 0) is 64.5 Å². The number of nitrogens with zero attached hydrogens (tertiary/aromatic N) is 1. The van der Waals surface area contributed by atoms with Crippen molar-refractivity contribution in [3.8, 4) is 0 Å². The molecule has 1 aliphatic heterocycles. The van der Waals surface area contributed by atoms with E-state index in [-0.39, 0.29) is 0 Å². The highest BCUT2D eigenvalue weighted by molar-refractivity contribution is 4.96. The van der Waals surface area contributed by atoms with Gasteiger partial charge in [-0.1, -0.05) is 13.8 Å². The molecule has 2 heteroatoms. The summed E-state index contributed by atoms with van der Waals surface area (Å²) in [5, 5.41) is 0. The lowest BCUT2D eigenvalue weighted by atomic mass is 9.86. The van der Waals surface area contributed by atoms with Crippen molar-refractivity contribution >= 4 is 0 Å². The van der Waals surface area contributed by atoms with E-state index in [1.165, 1.54) is 45.3 Å². The standard InChI is InChI=1S/C16H31NO/c1-13(2)15-5-9-17(10-6-15)11-16(7-8-16)12-18-14(3)4/h13-15H,5-12H2,1-4H3. The summed E-state index contributed by atoms with van der Waals surface area (Å²) < 4.78 is 5.84. The average Bonchev–Trinajstić information content (AvgIpc) is 3.08. The Morgan fingerprint density at radius 1 is 1.11 bits per heavy atom. The van der Waals surface area contributed by atoms with Crippen LogP contribution < -0.4 is 0 Å². The number of hydrogen-bond acceptors (Lipinski definition) is 2. The topological polar surface area (TPSA) is 12.5 Å². The van der Waals surface area contributed by atoms with Gasteiger partial charge in [0.25, 0.3) is 0 Å². The van der Waals surface area contributed by atoms with Gasteiger partial charge in [-0.2, -0.15) is 0 Å². The van der Waals surface area contributed by atoms with Crippen LogP contribution in [0.15, 0.2) is 0 Å². The van der Waals surface area contributed by atoms with Crippen molar-refractivity contribution in [3.05, 3.63) is 0 Å². The lowest BCUT2D eigenvalue weighted by Gasteiger charge is -2.36. The fraction of sp³-hybridized carbons (Fsp3) is 1.00. The van der Waals surface area contributed by atoms with Gasteiger partial charge in [0.05, 0.1) is 12.7 Å². The number of likely N-dealkylation sites (tertiary alicyclic amines) is 1. The van der Waals surface area contributed by atoms with Crippen LogP contribution in [0.2, 0.25) is 0 Å². The molecule has 1 heterocycles. The van der Waals surface area contributed by atoms with E-state index in [1.54, 1.807) is 0 Å². The fourth-order valence-electron chi connectivity index (χ4n) is 3.12. The first-order chi connectivity index (χ1) is 8.51. The number of ether oxygens (including phenoxy) is 1. The quantitative estimate of drug-likeness (QED) is 0.717. The third-order valence-corrected chi connectivity index (χ3v) is 4.81. The van der Waals surface area contributed by atoms with E-state index in [4.69, 9.17) is 4.74 Å². The van der Waals surface area contributed by atoms with Gasteiger partial charge in [0.1, 0.15) is 0 Å². The summed E-state index contributed by atoms with van der Waals surface area (Å²) in [6.45, 7) is 13.9. The van der Waals surface area contributed by atoms with E-state index in [0.717, 1.165) is 18.4 Å². The second-order valence-electron chi connectivity index (χ2n) is 7.22. The summed E-state index contributed by atoms with van der Waals surface area (Å²) in [6, 6.07) is 0. The third-order valence-electron chi connectivity index (χ3n) is 4.81. The molecule has 0 bridgehead atoms.